The van der Waals surface area contributed by atoms with Crippen LogP contribution in [0.2, 0.25) is 0 Å². The maximum Gasteiger partial charge on any atom is 0.221 e. The van der Waals surface area contributed by atoms with Crippen molar-refractivity contribution in [2.45, 2.75) is 32.6 Å². The monoisotopic (exact) mass is 216 g/mol. The van der Waals surface area contributed by atoms with Crippen molar-refractivity contribution in [3.63, 3.8) is 0 Å². The third-order valence-electron chi connectivity index (χ3n) is 3.31. The zero-order chi connectivity index (χ0) is 11.9. The molecule has 16 heavy (non-hydrogen) atoms. The molecule has 1 aromatic rings. The lowest BCUT2D eigenvalue weighted by atomic mass is 9.81. The van der Waals surface area contributed by atoms with Gasteiger partial charge >= 0.3 is 0 Å². The minimum Gasteiger partial charge on any atom is -0.369 e. The molecule has 1 aliphatic heterocycles. The predicted octanol–water partition coefficient (Wildman–Crippen LogP) is 2.10. The van der Waals surface area contributed by atoms with E-state index in [0.29, 0.717) is 6.42 Å². The number of benzene rings is 1. The zero-order valence-electron chi connectivity index (χ0n) is 9.87. The van der Waals surface area contributed by atoms with Crippen LogP contribution in [0.15, 0.2) is 23.2 Å². The highest BCUT2D eigenvalue weighted by Crippen LogP contribution is 2.40. The van der Waals surface area contributed by atoms with Crippen LogP contribution in [0.5, 0.6) is 0 Å². The lowest BCUT2D eigenvalue weighted by Gasteiger charge is -2.20. The minimum absolute atomic E-state index is 0.0387. The molecule has 0 saturated heterocycles. The molecule has 2 rings (SSSR count). The van der Waals surface area contributed by atoms with Crippen molar-refractivity contribution in [1.29, 1.82) is 0 Å². The number of fused-ring (bicyclic) bond motifs is 1. The van der Waals surface area contributed by atoms with E-state index in [1.54, 1.807) is 0 Å². The van der Waals surface area contributed by atoms with Crippen LogP contribution >= 0.6 is 0 Å². The average molecular weight is 216 g/mol. The highest BCUT2D eigenvalue weighted by Gasteiger charge is 2.32. The molecular weight excluding hydrogens is 200 g/mol. The summed E-state index contributed by atoms with van der Waals surface area (Å²) in [5.74, 6) is -0.298. The molecule has 0 radical (unpaired) electrons. The highest BCUT2D eigenvalue weighted by molar-refractivity contribution is 5.99. The van der Waals surface area contributed by atoms with Gasteiger partial charge in [-0.3, -0.25) is 9.79 Å². The summed E-state index contributed by atoms with van der Waals surface area (Å²) >= 11 is 0. The van der Waals surface area contributed by atoms with Crippen molar-refractivity contribution in [3.8, 4) is 0 Å². The minimum atomic E-state index is -0.298. The first-order valence-electron chi connectivity index (χ1n) is 5.39. The molecular formula is C13H16N2O. The van der Waals surface area contributed by atoms with Crippen LogP contribution in [0, 0.1) is 0 Å². The maximum atomic E-state index is 10.9. The van der Waals surface area contributed by atoms with Gasteiger partial charge in [0, 0.05) is 11.1 Å². The Hall–Kier alpha value is -1.64. The molecule has 2 N–H and O–H groups in total. The van der Waals surface area contributed by atoms with Gasteiger partial charge in [0.25, 0.3) is 0 Å². The SMILES string of the molecule is CC1=Nc2ccc(CC(N)=O)cc2C1(C)C. The average Bonchev–Trinajstić information content (AvgIpc) is 2.39. The number of amides is 1. The molecule has 0 spiro atoms. The summed E-state index contributed by atoms with van der Waals surface area (Å²) in [6, 6.07) is 5.92. The molecule has 3 nitrogen and oxygen atoms in total. The number of primary amides is 1. The van der Waals surface area contributed by atoms with Crippen molar-refractivity contribution in [1.82, 2.24) is 0 Å². The second-order valence-corrected chi connectivity index (χ2v) is 4.82. The molecule has 1 heterocycles. The Morgan fingerprint density at radius 1 is 1.44 bits per heavy atom. The number of rotatable bonds is 2. The predicted molar refractivity (Wildman–Crippen MR) is 65.1 cm³/mol. The summed E-state index contributed by atoms with van der Waals surface area (Å²) in [5, 5.41) is 0. The summed E-state index contributed by atoms with van der Waals surface area (Å²) < 4.78 is 0. The zero-order valence-corrected chi connectivity index (χ0v) is 9.87. The molecule has 3 heteroatoms. The van der Waals surface area contributed by atoms with Gasteiger partial charge in [0.2, 0.25) is 5.91 Å². The Morgan fingerprint density at radius 3 is 2.75 bits per heavy atom. The molecule has 1 amide bonds. The van der Waals surface area contributed by atoms with Gasteiger partial charge in [-0.1, -0.05) is 26.0 Å². The smallest absolute Gasteiger partial charge is 0.221 e. The maximum absolute atomic E-state index is 10.9. The summed E-state index contributed by atoms with van der Waals surface area (Å²) in [4.78, 5) is 15.4. The largest absolute Gasteiger partial charge is 0.369 e. The lowest BCUT2D eigenvalue weighted by molar-refractivity contribution is -0.117. The molecule has 0 atom stereocenters. The normalized spacial score (nSPS) is 16.8. The van der Waals surface area contributed by atoms with E-state index >= 15 is 0 Å². The van der Waals surface area contributed by atoms with Crippen LogP contribution in [0.1, 0.15) is 31.9 Å². The Kier molecular flexibility index (Phi) is 2.34. The molecule has 84 valence electrons. The van der Waals surface area contributed by atoms with Crippen LogP contribution in [0.4, 0.5) is 5.69 Å². The second-order valence-electron chi connectivity index (χ2n) is 4.82. The fourth-order valence-electron chi connectivity index (χ4n) is 2.01. The number of carbonyl (C=O) groups excluding carboxylic acids is 1. The number of nitrogens with zero attached hydrogens (tertiary/aromatic N) is 1. The van der Waals surface area contributed by atoms with E-state index in [4.69, 9.17) is 5.73 Å². The second kappa shape index (κ2) is 3.44. The number of carbonyl (C=O) groups is 1. The highest BCUT2D eigenvalue weighted by atomic mass is 16.1. The van der Waals surface area contributed by atoms with Gasteiger partial charge in [0.05, 0.1) is 12.1 Å². The van der Waals surface area contributed by atoms with Crippen LogP contribution in [-0.4, -0.2) is 11.6 Å². The molecule has 0 saturated carbocycles. The van der Waals surface area contributed by atoms with Crippen LogP contribution in [0.3, 0.4) is 0 Å². The fraction of sp³-hybridized carbons (Fsp3) is 0.385. The third-order valence-corrected chi connectivity index (χ3v) is 3.31. The Bertz CT molecular complexity index is 487. The number of nitrogens with two attached hydrogens (primary N) is 1. The van der Waals surface area contributed by atoms with E-state index in [1.165, 1.54) is 5.56 Å². The number of hydrogen-bond acceptors (Lipinski definition) is 2. The quantitative estimate of drug-likeness (QED) is 0.808. The summed E-state index contributed by atoms with van der Waals surface area (Å²) in [6.45, 7) is 6.32. The van der Waals surface area contributed by atoms with Gasteiger partial charge in [-0.2, -0.15) is 0 Å². The van der Waals surface area contributed by atoms with Crippen LogP contribution in [-0.2, 0) is 16.6 Å². The molecule has 0 unspecified atom stereocenters. The molecule has 0 fully saturated rings. The van der Waals surface area contributed by atoms with Gasteiger partial charge in [0.15, 0.2) is 0 Å². The van der Waals surface area contributed by atoms with Crippen molar-refractivity contribution >= 4 is 17.3 Å². The van der Waals surface area contributed by atoms with E-state index in [-0.39, 0.29) is 11.3 Å². The van der Waals surface area contributed by atoms with Crippen molar-refractivity contribution in [2.75, 3.05) is 0 Å². The number of hydrogen-bond donors (Lipinski definition) is 1. The molecule has 0 aromatic heterocycles. The van der Waals surface area contributed by atoms with Crippen molar-refractivity contribution in [2.24, 2.45) is 10.7 Å². The first-order valence-corrected chi connectivity index (χ1v) is 5.39. The van der Waals surface area contributed by atoms with Gasteiger partial charge in [-0.15, -0.1) is 0 Å². The number of aliphatic imine (C=N–C) groups is 1. The Morgan fingerprint density at radius 2 is 2.12 bits per heavy atom. The Balaban J connectivity index is 2.44. The molecule has 0 bridgehead atoms. The molecule has 1 aromatic carbocycles. The summed E-state index contributed by atoms with van der Waals surface area (Å²) in [6.07, 6.45) is 0.294. The van der Waals surface area contributed by atoms with Crippen molar-refractivity contribution < 1.29 is 4.79 Å². The van der Waals surface area contributed by atoms with E-state index in [0.717, 1.165) is 17.0 Å². The fourth-order valence-corrected chi connectivity index (χ4v) is 2.01. The first-order chi connectivity index (χ1) is 7.41. The standard InChI is InChI=1S/C13H16N2O/c1-8-13(2,3)10-6-9(7-12(14)16)4-5-11(10)15-8/h4-6H,7H2,1-3H3,(H2,14,16). The van der Waals surface area contributed by atoms with E-state index in [9.17, 15) is 4.79 Å². The third kappa shape index (κ3) is 1.62. The van der Waals surface area contributed by atoms with Gasteiger partial charge in [-0.05, 0) is 24.1 Å². The summed E-state index contributed by atoms with van der Waals surface area (Å²) in [5.41, 5.74) is 9.42. The van der Waals surface area contributed by atoms with Crippen LogP contribution < -0.4 is 5.73 Å². The van der Waals surface area contributed by atoms with E-state index < -0.39 is 0 Å². The van der Waals surface area contributed by atoms with E-state index in [1.807, 2.05) is 25.1 Å². The summed E-state index contributed by atoms with van der Waals surface area (Å²) in [7, 11) is 0. The topological polar surface area (TPSA) is 55.4 Å². The Labute approximate surface area is 95.4 Å². The van der Waals surface area contributed by atoms with Gasteiger partial charge in [0.1, 0.15) is 0 Å². The van der Waals surface area contributed by atoms with Gasteiger partial charge < -0.3 is 5.73 Å². The van der Waals surface area contributed by atoms with E-state index in [2.05, 4.69) is 18.8 Å². The molecule has 0 aliphatic carbocycles. The first kappa shape index (κ1) is 10.9. The van der Waals surface area contributed by atoms with Crippen LogP contribution in [0.25, 0.3) is 0 Å². The van der Waals surface area contributed by atoms with Gasteiger partial charge in [-0.25, -0.2) is 0 Å². The van der Waals surface area contributed by atoms with Crippen molar-refractivity contribution in [3.05, 3.63) is 29.3 Å². The molecule has 1 aliphatic rings. The lowest BCUT2D eigenvalue weighted by Crippen LogP contribution is -2.23.